The number of thioether (sulfide) groups is 1. The van der Waals surface area contributed by atoms with Crippen molar-refractivity contribution >= 4 is 35.0 Å². The van der Waals surface area contributed by atoms with Crippen LogP contribution < -0.4 is 10.1 Å². The molecule has 0 aliphatic rings. The van der Waals surface area contributed by atoms with E-state index in [-0.39, 0.29) is 17.7 Å². The first kappa shape index (κ1) is 20.8. The maximum absolute atomic E-state index is 12.5. The summed E-state index contributed by atoms with van der Waals surface area (Å²) in [5, 5.41) is 12.2. The number of halogens is 1. The van der Waals surface area contributed by atoms with Gasteiger partial charge in [-0.1, -0.05) is 29.4 Å². The van der Waals surface area contributed by atoms with Gasteiger partial charge in [-0.2, -0.15) is 0 Å². The minimum atomic E-state index is -0.159. The number of anilines is 1. The Morgan fingerprint density at radius 3 is 2.77 bits per heavy atom. The quantitative estimate of drug-likeness (QED) is 0.411. The summed E-state index contributed by atoms with van der Waals surface area (Å²) in [6, 6.07) is 14.7. The Bertz CT molecular complexity index is 1200. The van der Waals surface area contributed by atoms with Crippen molar-refractivity contribution < 1.29 is 9.53 Å². The first-order chi connectivity index (χ1) is 15.1. The molecule has 0 fully saturated rings. The summed E-state index contributed by atoms with van der Waals surface area (Å²) < 4.78 is 7.40. The number of carbonyl (C=O) groups is 1. The first-order valence-electron chi connectivity index (χ1n) is 9.22. The summed E-state index contributed by atoms with van der Waals surface area (Å²) in [7, 11) is 0. The standard InChI is InChI=1S/C21H17ClN6O2S/c1-14-10-17(30-20-23-8-3-9-24-20)6-7-18(14)26-19(29)12-31-21-27-25-13-28(21)16-5-2-4-15(22)11-16/h2-11,13H,12H2,1H3,(H,26,29). The molecular weight excluding hydrogens is 436 g/mol. The molecule has 4 aromatic rings. The highest BCUT2D eigenvalue weighted by Crippen LogP contribution is 2.25. The van der Waals surface area contributed by atoms with E-state index >= 15 is 0 Å². The summed E-state index contributed by atoms with van der Waals surface area (Å²) in [5.74, 6) is 0.605. The zero-order valence-corrected chi connectivity index (χ0v) is 18.0. The van der Waals surface area contributed by atoms with Crippen molar-refractivity contribution in [2.75, 3.05) is 11.1 Å². The van der Waals surface area contributed by atoms with Crippen LogP contribution in [0.1, 0.15) is 5.56 Å². The van der Waals surface area contributed by atoms with Gasteiger partial charge in [-0.15, -0.1) is 10.2 Å². The van der Waals surface area contributed by atoms with Crippen LogP contribution in [0.3, 0.4) is 0 Å². The Labute approximate surface area is 187 Å². The van der Waals surface area contributed by atoms with Crippen molar-refractivity contribution in [2.45, 2.75) is 12.1 Å². The lowest BCUT2D eigenvalue weighted by Gasteiger charge is -2.11. The number of nitrogens with one attached hydrogen (secondary N) is 1. The molecule has 0 aliphatic carbocycles. The van der Waals surface area contributed by atoms with Crippen LogP contribution in [0.4, 0.5) is 5.69 Å². The van der Waals surface area contributed by atoms with Gasteiger partial charge in [-0.3, -0.25) is 9.36 Å². The highest BCUT2D eigenvalue weighted by molar-refractivity contribution is 7.99. The smallest absolute Gasteiger partial charge is 0.321 e. The number of carbonyl (C=O) groups excluding carboxylic acids is 1. The largest absolute Gasteiger partial charge is 0.424 e. The molecule has 10 heteroatoms. The lowest BCUT2D eigenvalue weighted by molar-refractivity contribution is -0.113. The van der Waals surface area contributed by atoms with Crippen molar-refractivity contribution in [1.29, 1.82) is 0 Å². The molecular formula is C21H17ClN6O2S. The maximum Gasteiger partial charge on any atom is 0.321 e. The normalized spacial score (nSPS) is 10.6. The molecule has 0 unspecified atom stereocenters. The van der Waals surface area contributed by atoms with Crippen LogP contribution >= 0.6 is 23.4 Å². The number of aromatic nitrogens is 5. The number of ether oxygens (including phenoxy) is 1. The Kier molecular flexibility index (Phi) is 6.44. The van der Waals surface area contributed by atoms with Crippen LogP contribution in [0, 0.1) is 6.92 Å². The van der Waals surface area contributed by atoms with E-state index < -0.39 is 0 Å². The molecule has 0 saturated carbocycles. The number of aryl methyl sites for hydroxylation is 1. The topological polar surface area (TPSA) is 94.8 Å². The number of nitrogens with zero attached hydrogens (tertiary/aromatic N) is 5. The Morgan fingerprint density at radius 2 is 2.00 bits per heavy atom. The van der Waals surface area contributed by atoms with Crippen LogP contribution in [0.15, 0.2) is 72.4 Å². The second-order valence-electron chi connectivity index (χ2n) is 6.41. The number of rotatable bonds is 7. The Morgan fingerprint density at radius 1 is 1.16 bits per heavy atom. The van der Waals surface area contributed by atoms with E-state index in [0.717, 1.165) is 11.3 Å². The van der Waals surface area contributed by atoms with E-state index in [1.165, 1.54) is 11.8 Å². The molecule has 0 aliphatic heterocycles. The van der Waals surface area contributed by atoms with Crippen LogP contribution in [0.5, 0.6) is 11.8 Å². The van der Waals surface area contributed by atoms with Gasteiger partial charge in [0.2, 0.25) is 5.91 Å². The molecule has 31 heavy (non-hydrogen) atoms. The van der Waals surface area contributed by atoms with Gasteiger partial charge < -0.3 is 10.1 Å². The summed E-state index contributed by atoms with van der Waals surface area (Å²) in [4.78, 5) is 20.5. The number of hydrogen-bond acceptors (Lipinski definition) is 7. The Balaban J connectivity index is 1.37. The van der Waals surface area contributed by atoms with Gasteiger partial charge in [0.25, 0.3) is 0 Å². The van der Waals surface area contributed by atoms with Crippen molar-refractivity contribution in [3.8, 4) is 17.4 Å². The highest BCUT2D eigenvalue weighted by atomic mass is 35.5. The first-order valence-corrected chi connectivity index (χ1v) is 10.6. The van der Waals surface area contributed by atoms with Crippen molar-refractivity contribution in [1.82, 2.24) is 24.7 Å². The van der Waals surface area contributed by atoms with Gasteiger partial charge >= 0.3 is 6.01 Å². The van der Waals surface area contributed by atoms with E-state index in [4.69, 9.17) is 16.3 Å². The van der Waals surface area contributed by atoms with Crippen LogP contribution in [0.25, 0.3) is 5.69 Å². The summed E-state index contributed by atoms with van der Waals surface area (Å²) in [6.07, 6.45) is 4.80. The van der Waals surface area contributed by atoms with Crippen molar-refractivity contribution in [3.05, 3.63) is 77.8 Å². The molecule has 4 rings (SSSR count). The fourth-order valence-electron chi connectivity index (χ4n) is 2.73. The molecule has 1 N–H and O–H groups in total. The minimum absolute atomic E-state index is 0.159. The minimum Gasteiger partial charge on any atom is -0.424 e. The molecule has 8 nitrogen and oxygen atoms in total. The maximum atomic E-state index is 12.5. The zero-order chi connectivity index (χ0) is 21.6. The van der Waals surface area contributed by atoms with E-state index in [2.05, 4.69) is 25.5 Å². The lowest BCUT2D eigenvalue weighted by Crippen LogP contribution is -2.15. The van der Waals surface area contributed by atoms with Gasteiger partial charge in [0.1, 0.15) is 12.1 Å². The van der Waals surface area contributed by atoms with Gasteiger partial charge in [0.15, 0.2) is 5.16 Å². The van der Waals surface area contributed by atoms with E-state index in [1.54, 1.807) is 47.6 Å². The molecule has 2 aromatic heterocycles. The number of amides is 1. The SMILES string of the molecule is Cc1cc(Oc2ncccn2)ccc1NC(=O)CSc1nncn1-c1cccc(Cl)c1. The molecule has 156 valence electrons. The third-order valence-corrected chi connectivity index (χ3v) is 5.34. The predicted octanol–water partition coefficient (Wildman–Crippen LogP) is 4.54. The van der Waals surface area contributed by atoms with Crippen LogP contribution in [0.2, 0.25) is 5.02 Å². The van der Waals surface area contributed by atoms with E-state index in [0.29, 0.717) is 21.6 Å². The lowest BCUT2D eigenvalue weighted by atomic mass is 10.2. The second kappa shape index (κ2) is 9.59. The van der Waals surface area contributed by atoms with Crippen molar-refractivity contribution in [2.24, 2.45) is 0 Å². The monoisotopic (exact) mass is 452 g/mol. The molecule has 1 amide bonds. The number of hydrogen-bond donors (Lipinski definition) is 1. The van der Waals surface area contributed by atoms with Crippen LogP contribution in [-0.4, -0.2) is 36.4 Å². The molecule has 2 aromatic carbocycles. The van der Waals surface area contributed by atoms with Gasteiger partial charge in [-0.05, 0) is 55.0 Å². The molecule has 0 radical (unpaired) electrons. The van der Waals surface area contributed by atoms with Gasteiger partial charge in [0.05, 0.1) is 11.4 Å². The summed E-state index contributed by atoms with van der Waals surface area (Å²) in [6.45, 7) is 1.89. The fraction of sp³-hybridized carbons (Fsp3) is 0.0952. The van der Waals surface area contributed by atoms with Crippen molar-refractivity contribution in [3.63, 3.8) is 0 Å². The molecule has 0 atom stereocenters. The van der Waals surface area contributed by atoms with Gasteiger partial charge in [0, 0.05) is 23.1 Å². The van der Waals surface area contributed by atoms with Gasteiger partial charge in [-0.25, -0.2) is 9.97 Å². The summed E-state index contributed by atoms with van der Waals surface area (Å²) in [5.41, 5.74) is 2.38. The average Bonchev–Trinajstić information content (AvgIpc) is 3.24. The third-order valence-electron chi connectivity index (χ3n) is 4.16. The molecule has 0 saturated heterocycles. The average molecular weight is 453 g/mol. The predicted molar refractivity (Wildman–Crippen MR) is 119 cm³/mol. The van der Waals surface area contributed by atoms with Crippen LogP contribution in [-0.2, 0) is 4.79 Å². The van der Waals surface area contributed by atoms with E-state index in [1.807, 2.05) is 31.2 Å². The molecule has 0 bridgehead atoms. The molecule has 2 heterocycles. The molecule has 0 spiro atoms. The fourth-order valence-corrected chi connectivity index (χ4v) is 3.64. The third kappa shape index (κ3) is 5.39. The highest BCUT2D eigenvalue weighted by Gasteiger charge is 2.12. The van der Waals surface area contributed by atoms with E-state index in [9.17, 15) is 4.79 Å². The number of benzene rings is 2. The summed E-state index contributed by atoms with van der Waals surface area (Å²) >= 11 is 7.35. The Hall–Kier alpha value is -3.43. The zero-order valence-electron chi connectivity index (χ0n) is 16.4. The second-order valence-corrected chi connectivity index (χ2v) is 7.79.